The number of nitrogens with zero attached hydrogens (tertiary/aromatic N) is 2. The zero-order chi connectivity index (χ0) is 12.3. The molecule has 2 nitrogen and oxygen atoms in total. The number of benzene rings is 1. The molecule has 88 valence electrons. The molecular formula is C14H15ClN2. The lowest BCUT2D eigenvalue weighted by atomic mass is 10.00. The predicted molar refractivity (Wildman–Crippen MR) is 71.0 cm³/mol. The van der Waals surface area contributed by atoms with Gasteiger partial charge in [-0.1, -0.05) is 32.0 Å². The first-order valence-electron chi connectivity index (χ1n) is 5.73. The van der Waals surface area contributed by atoms with Crippen LogP contribution in [0.2, 0.25) is 5.28 Å². The highest BCUT2D eigenvalue weighted by atomic mass is 35.5. The molecule has 0 fully saturated rings. The van der Waals surface area contributed by atoms with Crippen LogP contribution in [0.25, 0.3) is 11.3 Å². The average Bonchev–Trinajstić information content (AvgIpc) is 2.28. The third-order valence-corrected chi connectivity index (χ3v) is 2.67. The van der Waals surface area contributed by atoms with Crippen LogP contribution < -0.4 is 0 Å². The van der Waals surface area contributed by atoms with Crippen LogP contribution in [0.4, 0.5) is 0 Å². The SMILES string of the molecule is CC(C)Cc1cccc(-c2ccnc(Cl)n2)c1. The van der Waals surface area contributed by atoms with E-state index in [9.17, 15) is 0 Å². The van der Waals surface area contributed by atoms with E-state index in [1.807, 2.05) is 12.1 Å². The number of rotatable bonds is 3. The van der Waals surface area contributed by atoms with E-state index in [1.165, 1.54) is 5.56 Å². The first-order chi connectivity index (χ1) is 8.15. The minimum absolute atomic E-state index is 0.289. The van der Waals surface area contributed by atoms with Crippen molar-refractivity contribution in [2.24, 2.45) is 5.92 Å². The van der Waals surface area contributed by atoms with Crippen molar-refractivity contribution in [3.05, 3.63) is 47.4 Å². The third kappa shape index (κ3) is 3.27. The Labute approximate surface area is 107 Å². The van der Waals surface area contributed by atoms with Gasteiger partial charge in [0.25, 0.3) is 0 Å². The molecule has 2 rings (SSSR count). The van der Waals surface area contributed by atoms with Crippen molar-refractivity contribution in [1.82, 2.24) is 9.97 Å². The summed E-state index contributed by atoms with van der Waals surface area (Å²) in [4.78, 5) is 8.11. The van der Waals surface area contributed by atoms with Crippen LogP contribution in [0.5, 0.6) is 0 Å². The largest absolute Gasteiger partial charge is 0.226 e. The highest BCUT2D eigenvalue weighted by Gasteiger charge is 2.03. The van der Waals surface area contributed by atoms with Gasteiger partial charge in [0.2, 0.25) is 5.28 Å². The molecular weight excluding hydrogens is 232 g/mol. The molecule has 17 heavy (non-hydrogen) atoms. The first kappa shape index (κ1) is 12.1. The summed E-state index contributed by atoms with van der Waals surface area (Å²) in [5, 5.41) is 0.289. The molecule has 0 saturated carbocycles. The summed E-state index contributed by atoms with van der Waals surface area (Å²) in [5.41, 5.74) is 3.29. The van der Waals surface area contributed by atoms with Gasteiger partial charge >= 0.3 is 0 Å². The van der Waals surface area contributed by atoms with E-state index in [-0.39, 0.29) is 5.28 Å². The van der Waals surface area contributed by atoms with Crippen molar-refractivity contribution < 1.29 is 0 Å². The monoisotopic (exact) mass is 246 g/mol. The Balaban J connectivity index is 2.33. The number of hydrogen-bond acceptors (Lipinski definition) is 2. The molecule has 0 bridgehead atoms. The molecule has 1 heterocycles. The summed E-state index contributed by atoms with van der Waals surface area (Å²) in [6.07, 6.45) is 2.76. The average molecular weight is 247 g/mol. The zero-order valence-corrected chi connectivity index (χ0v) is 10.8. The molecule has 0 saturated heterocycles. The van der Waals surface area contributed by atoms with Gasteiger partial charge in [-0.05, 0) is 41.6 Å². The van der Waals surface area contributed by atoms with Gasteiger partial charge in [0, 0.05) is 11.8 Å². The summed E-state index contributed by atoms with van der Waals surface area (Å²) >= 11 is 5.80. The molecule has 0 aliphatic rings. The first-order valence-corrected chi connectivity index (χ1v) is 6.11. The molecule has 0 N–H and O–H groups in total. The van der Waals surface area contributed by atoms with Gasteiger partial charge in [0.15, 0.2) is 0 Å². The van der Waals surface area contributed by atoms with E-state index < -0.39 is 0 Å². The van der Waals surface area contributed by atoms with E-state index >= 15 is 0 Å². The number of hydrogen-bond donors (Lipinski definition) is 0. The summed E-state index contributed by atoms with van der Waals surface area (Å²) in [6.45, 7) is 4.43. The Bertz CT molecular complexity index is 509. The maximum atomic E-state index is 5.80. The van der Waals surface area contributed by atoms with Crippen molar-refractivity contribution >= 4 is 11.6 Å². The van der Waals surface area contributed by atoms with Gasteiger partial charge in [-0.2, -0.15) is 0 Å². The molecule has 0 aliphatic heterocycles. The van der Waals surface area contributed by atoms with Crippen LogP contribution in [-0.4, -0.2) is 9.97 Å². The Hall–Kier alpha value is -1.41. The molecule has 0 radical (unpaired) electrons. The Morgan fingerprint density at radius 2 is 2.06 bits per heavy atom. The molecule has 0 atom stereocenters. The fraction of sp³-hybridized carbons (Fsp3) is 0.286. The van der Waals surface area contributed by atoms with Crippen molar-refractivity contribution in [3.63, 3.8) is 0 Å². The molecule has 0 spiro atoms. The van der Waals surface area contributed by atoms with Gasteiger partial charge in [-0.25, -0.2) is 9.97 Å². The van der Waals surface area contributed by atoms with Crippen molar-refractivity contribution in [3.8, 4) is 11.3 Å². The van der Waals surface area contributed by atoms with Crippen molar-refractivity contribution in [1.29, 1.82) is 0 Å². The maximum absolute atomic E-state index is 5.80. The van der Waals surface area contributed by atoms with Gasteiger partial charge in [-0.15, -0.1) is 0 Å². The van der Waals surface area contributed by atoms with Gasteiger partial charge in [0.1, 0.15) is 0 Å². The quantitative estimate of drug-likeness (QED) is 0.765. The van der Waals surface area contributed by atoms with Gasteiger partial charge < -0.3 is 0 Å². The summed E-state index contributed by atoms with van der Waals surface area (Å²) in [5.74, 6) is 0.652. The number of aromatic nitrogens is 2. The highest BCUT2D eigenvalue weighted by molar-refractivity contribution is 6.28. The lowest BCUT2D eigenvalue weighted by Crippen LogP contribution is -1.94. The predicted octanol–water partition coefficient (Wildman–Crippen LogP) is 4.00. The van der Waals surface area contributed by atoms with Gasteiger partial charge in [0.05, 0.1) is 5.69 Å². The number of halogens is 1. The molecule has 1 aromatic carbocycles. The van der Waals surface area contributed by atoms with Crippen LogP contribution in [0, 0.1) is 5.92 Å². The van der Waals surface area contributed by atoms with Crippen LogP contribution in [-0.2, 0) is 6.42 Å². The minimum Gasteiger partial charge on any atom is -0.226 e. The Kier molecular flexibility index (Phi) is 3.75. The van der Waals surface area contributed by atoms with Crippen LogP contribution in [0.15, 0.2) is 36.5 Å². The van der Waals surface area contributed by atoms with E-state index in [4.69, 9.17) is 11.6 Å². The van der Waals surface area contributed by atoms with Crippen LogP contribution in [0.3, 0.4) is 0 Å². The zero-order valence-electron chi connectivity index (χ0n) is 10.0. The van der Waals surface area contributed by atoms with E-state index in [0.29, 0.717) is 5.92 Å². The fourth-order valence-electron chi connectivity index (χ4n) is 1.82. The van der Waals surface area contributed by atoms with Crippen LogP contribution >= 0.6 is 11.6 Å². The molecule has 0 amide bonds. The standard InChI is InChI=1S/C14H15ClN2/c1-10(2)8-11-4-3-5-12(9-11)13-6-7-16-14(15)17-13/h3-7,9-10H,8H2,1-2H3. The van der Waals surface area contributed by atoms with Crippen molar-refractivity contribution in [2.45, 2.75) is 20.3 Å². The summed E-state index contributed by atoms with van der Waals surface area (Å²) in [7, 11) is 0. The summed E-state index contributed by atoms with van der Waals surface area (Å²) < 4.78 is 0. The Morgan fingerprint density at radius 1 is 1.24 bits per heavy atom. The van der Waals surface area contributed by atoms with Crippen LogP contribution in [0.1, 0.15) is 19.4 Å². The highest BCUT2D eigenvalue weighted by Crippen LogP contribution is 2.20. The minimum atomic E-state index is 0.289. The second kappa shape index (κ2) is 5.28. The van der Waals surface area contributed by atoms with E-state index in [1.54, 1.807) is 6.20 Å². The van der Waals surface area contributed by atoms with Crippen molar-refractivity contribution in [2.75, 3.05) is 0 Å². The van der Waals surface area contributed by atoms with E-state index in [2.05, 4.69) is 42.0 Å². The summed E-state index contributed by atoms with van der Waals surface area (Å²) in [6, 6.07) is 10.3. The smallest absolute Gasteiger partial charge is 0.222 e. The second-order valence-corrected chi connectivity index (χ2v) is 4.85. The molecule has 3 heteroatoms. The molecule has 2 aromatic rings. The van der Waals surface area contributed by atoms with Gasteiger partial charge in [-0.3, -0.25) is 0 Å². The molecule has 0 unspecified atom stereocenters. The van der Waals surface area contributed by atoms with E-state index in [0.717, 1.165) is 17.7 Å². The maximum Gasteiger partial charge on any atom is 0.222 e. The fourth-order valence-corrected chi connectivity index (χ4v) is 1.97. The third-order valence-electron chi connectivity index (χ3n) is 2.49. The Morgan fingerprint density at radius 3 is 2.76 bits per heavy atom. The lowest BCUT2D eigenvalue weighted by Gasteiger charge is -2.07. The topological polar surface area (TPSA) is 25.8 Å². The normalized spacial score (nSPS) is 10.8. The lowest BCUT2D eigenvalue weighted by molar-refractivity contribution is 0.647. The second-order valence-electron chi connectivity index (χ2n) is 4.51. The molecule has 1 aromatic heterocycles. The molecule has 0 aliphatic carbocycles.